The van der Waals surface area contributed by atoms with Gasteiger partial charge in [-0.1, -0.05) is 0 Å². The Morgan fingerprint density at radius 3 is 2.95 bits per heavy atom. The van der Waals surface area contributed by atoms with Crippen molar-refractivity contribution in [2.24, 2.45) is 0 Å². The molecule has 19 heavy (non-hydrogen) atoms. The number of halogens is 1. The molecule has 0 saturated heterocycles. The summed E-state index contributed by atoms with van der Waals surface area (Å²) in [6.07, 6.45) is 3.51. The monoisotopic (exact) mass is 327 g/mol. The maximum absolute atomic E-state index is 5.60. The highest BCUT2D eigenvalue weighted by Gasteiger charge is 2.24. The van der Waals surface area contributed by atoms with E-state index in [1.807, 2.05) is 24.7 Å². The molecule has 104 valence electrons. The number of ether oxygens (including phenoxy) is 1. The van der Waals surface area contributed by atoms with Crippen molar-refractivity contribution in [3.05, 3.63) is 40.0 Å². The largest absolute Gasteiger partial charge is 0.467 e. The summed E-state index contributed by atoms with van der Waals surface area (Å²) in [5.41, 5.74) is 2.16. The zero-order valence-corrected chi connectivity index (χ0v) is 12.9. The summed E-state index contributed by atoms with van der Waals surface area (Å²) in [7, 11) is 3.59. The van der Waals surface area contributed by atoms with Crippen molar-refractivity contribution in [3.8, 4) is 0 Å². The Kier molecular flexibility index (Phi) is 4.79. The van der Waals surface area contributed by atoms with Gasteiger partial charge in [-0.25, -0.2) is 0 Å². The fourth-order valence-corrected chi connectivity index (χ4v) is 2.61. The highest BCUT2D eigenvalue weighted by molar-refractivity contribution is 9.10. The molecule has 0 aliphatic carbocycles. The minimum Gasteiger partial charge on any atom is -0.467 e. The van der Waals surface area contributed by atoms with Gasteiger partial charge in [0.2, 0.25) is 0 Å². The van der Waals surface area contributed by atoms with Crippen molar-refractivity contribution in [3.63, 3.8) is 0 Å². The Hall–Kier alpha value is -1.11. The molecule has 1 unspecified atom stereocenters. The van der Waals surface area contributed by atoms with Crippen LogP contribution in [0.2, 0.25) is 0 Å². The number of nitrogens with zero attached hydrogens (tertiary/aromatic N) is 2. The number of furan rings is 1. The van der Waals surface area contributed by atoms with Crippen LogP contribution in [0.15, 0.2) is 27.4 Å². The minimum absolute atomic E-state index is 0.0382. The van der Waals surface area contributed by atoms with E-state index in [9.17, 15) is 0 Å². The lowest BCUT2D eigenvalue weighted by Gasteiger charge is -2.17. The van der Waals surface area contributed by atoms with E-state index in [0.29, 0.717) is 13.2 Å². The van der Waals surface area contributed by atoms with Crippen LogP contribution in [0.3, 0.4) is 0 Å². The standard InChI is InChI=1S/C13H18BrN3O2/c1-9-4-6-19-13(9)11(15-2)12-10(14)8-16-17(12)5-7-18-3/h4,6,8,11,15H,5,7H2,1-3H3. The minimum atomic E-state index is -0.0382. The number of nitrogens with one attached hydrogen (secondary N) is 1. The van der Waals surface area contributed by atoms with Gasteiger partial charge in [0.1, 0.15) is 11.8 Å². The third-order valence-electron chi connectivity index (χ3n) is 3.07. The number of aromatic nitrogens is 2. The van der Waals surface area contributed by atoms with Crippen molar-refractivity contribution in [2.75, 3.05) is 20.8 Å². The average molecular weight is 328 g/mol. The summed E-state index contributed by atoms with van der Waals surface area (Å²) in [5.74, 6) is 0.905. The van der Waals surface area contributed by atoms with Gasteiger partial charge in [-0.3, -0.25) is 4.68 Å². The average Bonchev–Trinajstić information content (AvgIpc) is 2.97. The molecule has 0 spiro atoms. The van der Waals surface area contributed by atoms with Crippen LogP contribution in [0.4, 0.5) is 0 Å². The van der Waals surface area contributed by atoms with Crippen LogP contribution in [-0.2, 0) is 11.3 Å². The van der Waals surface area contributed by atoms with E-state index in [2.05, 4.69) is 26.3 Å². The molecule has 0 radical (unpaired) electrons. The molecule has 2 aromatic heterocycles. The molecule has 6 heteroatoms. The molecular formula is C13H18BrN3O2. The molecule has 2 rings (SSSR count). The predicted octanol–water partition coefficient (Wildman–Crippen LogP) is 2.50. The highest BCUT2D eigenvalue weighted by atomic mass is 79.9. The van der Waals surface area contributed by atoms with E-state index in [0.717, 1.165) is 21.5 Å². The Bertz CT molecular complexity index is 536. The smallest absolute Gasteiger partial charge is 0.129 e. The van der Waals surface area contributed by atoms with Crippen LogP contribution in [0.5, 0.6) is 0 Å². The molecule has 0 saturated carbocycles. The Balaban J connectivity index is 2.38. The number of rotatable bonds is 6. The van der Waals surface area contributed by atoms with Gasteiger partial charge in [-0.15, -0.1) is 0 Å². The summed E-state index contributed by atoms with van der Waals surface area (Å²) in [6.45, 7) is 3.36. The van der Waals surface area contributed by atoms with E-state index < -0.39 is 0 Å². The third kappa shape index (κ3) is 2.91. The van der Waals surface area contributed by atoms with E-state index in [4.69, 9.17) is 9.15 Å². The molecule has 2 aromatic rings. The first-order valence-electron chi connectivity index (χ1n) is 6.10. The van der Waals surface area contributed by atoms with Gasteiger partial charge < -0.3 is 14.5 Å². The van der Waals surface area contributed by atoms with Crippen molar-refractivity contribution in [2.45, 2.75) is 19.5 Å². The van der Waals surface area contributed by atoms with Crippen molar-refractivity contribution in [1.29, 1.82) is 0 Å². The number of hydrogen-bond donors (Lipinski definition) is 1. The number of methoxy groups -OCH3 is 1. The Morgan fingerprint density at radius 1 is 1.58 bits per heavy atom. The van der Waals surface area contributed by atoms with E-state index in [1.165, 1.54) is 0 Å². The SMILES string of the molecule is CNC(c1occc1C)c1c(Br)cnn1CCOC. The van der Waals surface area contributed by atoms with Crippen molar-refractivity contribution < 1.29 is 9.15 Å². The predicted molar refractivity (Wildman–Crippen MR) is 76.2 cm³/mol. The van der Waals surface area contributed by atoms with Crippen molar-refractivity contribution >= 4 is 15.9 Å². The molecule has 0 aliphatic heterocycles. The van der Waals surface area contributed by atoms with E-state index in [1.54, 1.807) is 19.6 Å². The molecule has 0 bridgehead atoms. The fourth-order valence-electron chi connectivity index (χ4n) is 2.09. The fraction of sp³-hybridized carbons (Fsp3) is 0.462. The lowest BCUT2D eigenvalue weighted by molar-refractivity contribution is 0.181. The summed E-state index contributed by atoms with van der Waals surface area (Å²) in [4.78, 5) is 0. The molecule has 2 heterocycles. The molecule has 0 amide bonds. The molecular weight excluding hydrogens is 310 g/mol. The lowest BCUT2D eigenvalue weighted by atomic mass is 10.1. The summed E-state index contributed by atoms with van der Waals surface area (Å²) in [5, 5.41) is 7.65. The van der Waals surface area contributed by atoms with E-state index in [-0.39, 0.29) is 6.04 Å². The molecule has 5 nitrogen and oxygen atoms in total. The first-order chi connectivity index (χ1) is 9.19. The summed E-state index contributed by atoms with van der Waals surface area (Å²) in [6, 6.07) is 1.92. The van der Waals surface area contributed by atoms with Crippen LogP contribution in [-0.4, -0.2) is 30.5 Å². The second kappa shape index (κ2) is 6.36. The first-order valence-corrected chi connectivity index (χ1v) is 6.89. The Morgan fingerprint density at radius 2 is 2.37 bits per heavy atom. The molecule has 1 atom stereocenters. The number of hydrogen-bond acceptors (Lipinski definition) is 4. The van der Waals surface area contributed by atoms with Gasteiger partial charge in [-0.2, -0.15) is 5.10 Å². The van der Waals surface area contributed by atoms with Gasteiger partial charge in [0, 0.05) is 7.11 Å². The third-order valence-corrected chi connectivity index (χ3v) is 3.68. The second-order valence-corrected chi connectivity index (χ2v) is 5.14. The maximum Gasteiger partial charge on any atom is 0.129 e. The quantitative estimate of drug-likeness (QED) is 0.885. The molecule has 0 aromatic carbocycles. The van der Waals surface area contributed by atoms with Gasteiger partial charge in [0.25, 0.3) is 0 Å². The first kappa shape index (κ1) is 14.3. The lowest BCUT2D eigenvalue weighted by Crippen LogP contribution is -2.23. The van der Waals surface area contributed by atoms with Crippen LogP contribution < -0.4 is 5.32 Å². The van der Waals surface area contributed by atoms with Crippen LogP contribution in [0.1, 0.15) is 23.1 Å². The van der Waals surface area contributed by atoms with Crippen LogP contribution >= 0.6 is 15.9 Å². The Labute approximate surface area is 121 Å². The molecule has 0 fully saturated rings. The van der Waals surface area contributed by atoms with Crippen LogP contribution in [0.25, 0.3) is 0 Å². The topological polar surface area (TPSA) is 52.2 Å². The maximum atomic E-state index is 5.60. The highest BCUT2D eigenvalue weighted by Crippen LogP contribution is 2.30. The normalized spacial score (nSPS) is 12.8. The molecule has 0 aliphatic rings. The van der Waals surface area contributed by atoms with Gasteiger partial charge in [-0.05, 0) is 41.5 Å². The summed E-state index contributed by atoms with van der Waals surface area (Å²) >= 11 is 3.55. The van der Waals surface area contributed by atoms with Gasteiger partial charge >= 0.3 is 0 Å². The second-order valence-electron chi connectivity index (χ2n) is 4.28. The summed E-state index contributed by atoms with van der Waals surface area (Å²) < 4.78 is 13.6. The van der Waals surface area contributed by atoms with Crippen LogP contribution in [0, 0.1) is 6.92 Å². The van der Waals surface area contributed by atoms with Crippen molar-refractivity contribution in [1.82, 2.24) is 15.1 Å². The number of aryl methyl sites for hydroxylation is 1. The van der Waals surface area contributed by atoms with E-state index >= 15 is 0 Å². The van der Waals surface area contributed by atoms with Gasteiger partial charge in [0.15, 0.2) is 0 Å². The zero-order valence-electron chi connectivity index (χ0n) is 11.3. The van der Waals surface area contributed by atoms with Gasteiger partial charge in [0.05, 0.1) is 35.8 Å². The zero-order chi connectivity index (χ0) is 13.8. The molecule has 1 N–H and O–H groups in total.